The van der Waals surface area contributed by atoms with Gasteiger partial charge in [-0.15, -0.1) is 0 Å². The van der Waals surface area contributed by atoms with E-state index in [2.05, 4.69) is 22.9 Å². The summed E-state index contributed by atoms with van der Waals surface area (Å²) in [7, 11) is -2.84. The molecule has 96 valence electrons. The van der Waals surface area contributed by atoms with E-state index in [1.165, 1.54) is 12.8 Å². The summed E-state index contributed by atoms with van der Waals surface area (Å²) in [5.41, 5.74) is 0.0467. The summed E-state index contributed by atoms with van der Waals surface area (Å²) in [5, 5.41) is 0.840. The Kier molecular flexibility index (Phi) is 5.78. The molecule has 0 saturated heterocycles. The third-order valence-electron chi connectivity index (χ3n) is 3.53. The Morgan fingerprint density at radius 3 is 2.31 bits per heavy atom. The molecule has 1 aliphatic carbocycles. The van der Waals surface area contributed by atoms with Crippen LogP contribution in [0, 0.1) is 5.41 Å². The standard InChI is InChI=1S/C12H23BrO2S/c1-2-3-6-9-16(14,15)11-12(10-13)7-4-5-8-12/h2-11H2,1H3. The summed E-state index contributed by atoms with van der Waals surface area (Å²) in [4.78, 5) is 0. The predicted octanol–water partition coefficient (Wildman–Crippen LogP) is 3.55. The number of unbranched alkanes of at least 4 members (excludes halogenated alkanes) is 2. The molecule has 0 N–H and O–H groups in total. The molecule has 0 aromatic rings. The fourth-order valence-electron chi connectivity index (χ4n) is 2.55. The van der Waals surface area contributed by atoms with Gasteiger partial charge in [-0.1, -0.05) is 48.5 Å². The topological polar surface area (TPSA) is 34.1 Å². The van der Waals surface area contributed by atoms with Crippen molar-refractivity contribution >= 4 is 25.8 Å². The fourth-order valence-corrected chi connectivity index (χ4v) is 5.69. The van der Waals surface area contributed by atoms with Gasteiger partial charge >= 0.3 is 0 Å². The number of sulfone groups is 1. The Bertz CT molecular complexity index is 292. The second-order valence-electron chi connectivity index (χ2n) is 5.14. The van der Waals surface area contributed by atoms with Crippen LogP contribution >= 0.6 is 15.9 Å². The zero-order chi connectivity index (χ0) is 12.1. The van der Waals surface area contributed by atoms with Crippen molar-refractivity contribution in [2.45, 2.75) is 51.9 Å². The maximum Gasteiger partial charge on any atom is 0.150 e. The first-order chi connectivity index (χ1) is 7.54. The van der Waals surface area contributed by atoms with Gasteiger partial charge in [-0.25, -0.2) is 8.42 Å². The first kappa shape index (κ1) is 14.5. The highest BCUT2D eigenvalue weighted by atomic mass is 79.9. The van der Waals surface area contributed by atoms with Crippen LogP contribution in [0.2, 0.25) is 0 Å². The number of hydrogen-bond acceptors (Lipinski definition) is 2. The third kappa shape index (κ3) is 4.36. The number of hydrogen-bond donors (Lipinski definition) is 0. The molecule has 2 nitrogen and oxygen atoms in total. The fraction of sp³-hybridized carbons (Fsp3) is 1.00. The van der Waals surface area contributed by atoms with Crippen molar-refractivity contribution in [3.8, 4) is 0 Å². The summed E-state index contributed by atoms with van der Waals surface area (Å²) < 4.78 is 24.0. The highest BCUT2D eigenvalue weighted by Gasteiger charge is 2.36. The van der Waals surface area contributed by atoms with Crippen molar-refractivity contribution in [1.82, 2.24) is 0 Å². The van der Waals surface area contributed by atoms with Gasteiger partial charge in [0.05, 0.1) is 11.5 Å². The van der Waals surface area contributed by atoms with Crippen LogP contribution in [-0.2, 0) is 9.84 Å². The van der Waals surface area contributed by atoms with Gasteiger partial charge in [-0.3, -0.25) is 0 Å². The summed E-state index contributed by atoms with van der Waals surface area (Å²) in [6.07, 6.45) is 7.47. The van der Waals surface area contributed by atoms with E-state index in [1.807, 2.05) is 0 Å². The van der Waals surface area contributed by atoms with E-state index >= 15 is 0 Å². The van der Waals surface area contributed by atoms with Gasteiger partial charge in [-0.2, -0.15) is 0 Å². The molecule has 0 spiro atoms. The van der Waals surface area contributed by atoms with Crippen LogP contribution in [-0.4, -0.2) is 25.3 Å². The van der Waals surface area contributed by atoms with Gasteiger partial charge in [0.1, 0.15) is 0 Å². The lowest BCUT2D eigenvalue weighted by molar-refractivity contribution is 0.394. The van der Waals surface area contributed by atoms with Gasteiger partial charge in [0.15, 0.2) is 9.84 Å². The van der Waals surface area contributed by atoms with Crippen molar-refractivity contribution in [2.24, 2.45) is 5.41 Å². The first-order valence-corrected chi connectivity index (χ1v) is 9.24. The Labute approximate surface area is 108 Å². The van der Waals surface area contributed by atoms with Crippen LogP contribution in [0.5, 0.6) is 0 Å². The molecule has 0 aliphatic heterocycles. The molecule has 0 heterocycles. The van der Waals surface area contributed by atoms with Gasteiger partial charge in [-0.05, 0) is 24.7 Å². The van der Waals surface area contributed by atoms with Gasteiger partial charge in [0.25, 0.3) is 0 Å². The molecule has 16 heavy (non-hydrogen) atoms. The van der Waals surface area contributed by atoms with E-state index in [1.54, 1.807) is 0 Å². The summed E-state index contributed by atoms with van der Waals surface area (Å²) in [6.45, 7) is 2.10. The minimum absolute atomic E-state index is 0.0467. The van der Waals surface area contributed by atoms with E-state index in [0.29, 0.717) is 11.5 Å². The van der Waals surface area contributed by atoms with E-state index in [0.717, 1.165) is 37.4 Å². The molecule has 0 aromatic heterocycles. The minimum atomic E-state index is -2.84. The lowest BCUT2D eigenvalue weighted by atomic mass is 9.92. The Morgan fingerprint density at radius 1 is 1.19 bits per heavy atom. The van der Waals surface area contributed by atoms with Gasteiger partial charge < -0.3 is 0 Å². The first-order valence-electron chi connectivity index (χ1n) is 6.30. The van der Waals surface area contributed by atoms with Crippen molar-refractivity contribution < 1.29 is 8.42 Å². The molecule has 0 unspecified atom stereocenters. The molecule has 1 aliphatic rings. The van der Waals surface area contributed by atoms with Crippen molar-refractivity contribution in [2.75, 3.05) is 16.8 Å². The zero-order valence-corrected chi connectivity index (χ0v) is 12.6. The monoisotopic (exact) mass is 310 g/mol. The highest BCUT2D eigenvalue weighted by molar-refractivity contribution is 9.09. The molecule has 0 amide bonds. The molecule has 0 radical (unpaired) electrons. The van der Waals surface area contributed by atoms with E-state index in [4.69, 9.17) is 0 Å². The average Bonchev–Trinajstić information content (AvgIpc) is 2.66. The second-order valence-corrected chi connectivity index (χ2v) is 7.88. The number of halogens is 1. The summed E-state index contributed by atoms with van der Waals surface area (Å²) >= 11 is 3.50. The van der Waals surface area contributed by atoms with E-state index < -0.39 is 9.84 Å². The molecular formula is C12H23BrO2S. The molecular weight excluding hydrogens is 288 g/mol. The average molecular weight is 311 g/mol. The maximum absolute atomic E-state index is 12.0. The SMILES string of the molecule is CCCCCS(=O)(=O)CC1(CBr)CCCC1. The largest absolute Gasteiger partial charge is 0.229 e. The molecule has 1 fully saturated rings. The van der Waals surface area contributed by atoms with Crippen LogP contribution in [0.3, 0.4) is 0 Å². The lowest BCUT2D eigenvalue weighted by Gasteiger charge is -2.26. The van der Waals surface area contributed by atoms with Crippen LogP contribution in [0.4, 0.5) is 0 Å². The van der Waals surface area contributed by atoms with Crippen LogP contribution in [0.15, 0.2) is 0 Å². The van der Waals surface area contributed by atoms with Gasteiger partial charge in [0.2, 0.25) is 0 Å². The van der Waals surface area contributed by atoms with E-state index in [9.17, 15) is 8.42 Å². The molecule has 0 atom stereocenters. The Hall–Kier alpha value is 0.430. The third-order valence-corrected chi connectivity index (χ3v) is 6.69. The van der Waals surface area contributed by atoms with Gasteiger partial charge in [0, 0.05) is 5.33 Å². The minimum Gasteiger partial charge on any atom is -0.229 e. The number of alkyl halides is 1. The zero-order valence-electron chi connectivity index (χ0n) is 10.2. The van der Waals surface area contributed by atoms with Crippen LogP contribution in [0.25, 0.3) is 0 Å². The van der Waals surface area contributed by atoms with E-state index in [-0.39, 0.29) is 5.41 Å². The molecule has 1 saturated carbocycles. The lowest BCUT2D eigenvalue weighted by Crippen LogP contribution is -2.30. The van der Waals surface area contributed by atoms with Crippen molar-refractivity contribution in [3.63, 3.8) is 0 Å². The predicted molar refractivity (Wildman–Crippen MR) is 72.9 cm³/mol. The quantitative estimate of drug-likeness (QED) is 0.532. The van der Waals surface area contributed by atoms with Crippen LogP contribution < -0.4 is 0 Å². The summed E-state index contributed by atoms with van der Waals surface area (Å²) in [5.74, 6) is 0.782. The summed E-state index contributed by atoms with van der Waals surface area (Å²) in [6, 6.07) is 0. The molecule has 0 bridgehead atoms. The van der Waals surface area contributed by atoms with Crippen molar-refractivity contribution in [1.29, 1.82) is 0 Å². The van der Waals surface area contributed by atoms with Crippen molar-refractivity contribution in [3.05, 3.63) is 0 Å². The van der Waals surface area contributed by atoms with Crippen LogP contribution in [0.1, 0.15) is 51.9 Å². The molecule has 1 rings (SSSR count). The smallest absolute Gasteiger partial charge is 0.150 e. The second kappa shape index (κ2) is 6.39. The Morgan fingerprint density at radius 2 is 1.81 bits per heavy atom. The molecule has 4 heteroatoms. The Balaban J connectivity index is 2.50. The highest BCUT2D eigenvalue weighted by Crippen LogP contribution is 2.40. The maximum atomic E-state index is 12.0. The number of rotatable bonds is 7. The molecule has 0 aromatic carbocycles. The normalized spacial score (nSPS) is 20.1.